The fraction of sp³-hybridized carbons (Fsp3) is 0.538. The predicted octanol–water partition coefficient (Wildman–Crippen LogP) is 3.93. The molecule has 0 aliphatic carbocycles. The van der Waals surface area contributed by atoms with Crippen LogP contribution in [0.2, 0.25) is 0 Å². The van der Waals surface area contributed by atoms with E-state index >= 15 is 0 Å². The lowest BCUT2D eigenvalue weighted by molar-refractivity contribution is 0.373. The monoisotopic (exact) mass is 411 g/mol. The molecule has 3 nitrogen and oxygen atoms in total. The Morgan fingerprint density at radius 1 is 1.26 bits per heavy atom. The third-order valence-corrected chi connectivity index (χ3v) is 5.54. The molecule has 0 radical (unpaired) electrons. The molecule has 1 aromatic rings. The van der Waals surface area contributed by atoms with Gasteiger partial charge in [0.1, 0.15) is 0 Å². The maximum atomic E-state index is 12.2. The van der Waals surface area contributed by atoms with Crippen LogP contribution < -0.4 is 4.72 Å². The molecule has 1 aromatic carbocycles. The number of halogens is 2. The molecule has 1 rings (SSSR count). The van der Waals surface area contributed by atoms with Crippen molar-refractivity contribution in [3.05, 3.63) is 28.7 Å². The first-order chi connectivity index (χ1) is 8.62. The Morgan fingerprint density at radius 3 is 2.37 bits per heavy atom. The van der Waals surface area contributed by atoms with Gasteiger partial charge < -0.3 is 0 Å². The summed E-state index contributed by atoms with van der Waals surface area (Å²) in [4.78, 5) is 0.384. The molecule has 0 saturated heterocycles. The third-order valence-electron chi connectivity index (χ3n) is 2.45. The summed E-state index contributed by atoms with van der Waals surface area (Å²) in [6.45, 7) is 6.76. The molecule has 1 N–H and O–H groups in total. The fourth-order valence-electron chi connectivity index (χ4n) is 1.68. The van der Waals surface area contributed by atoms with Crippen LogP contribution in [0.4, 0.5) is 0 Å². The van der Waals surface area contributed by atoms with E-state index in [1.54, 1.807) is 24.3 Å². The molecule has 0 heterocycles. The van der Waals surface area contributed by atoms with Gasteiger partial charge in [0.15, 0.2) is 0 Å². The Bertz CT molecular complexity index is 524. The van der Waals surface area contributed by atoms with E-state index in [1.165, 1.54) is 0 Å². The molecule has 0 saturated carbocycles. The van der Waals surface area contributed by atoms with Crippen LogP contribution in [0.15, 0.2) is 33.6 Å². The zero-order chi connectivity index (χ0) is 14.7. The Hall–Kier alpha value is 0.0900. The summed E-state index contributed by atoms with van der Waals surface area (Å²) < 4.78 is 27.5. The van der Waals surface area contributed by atoms with E-state index in [0.717, 1.165) is 6.42 Å². The van der Waals surface area contributed by atoms with Gasteiger partial charge in [-0.3, -0.25) is 0 Å². The molecule has 0 aliphatic heterocycles. The minimum atomic E-state index is -3.47. The predicted molar refractivity (Wildman–Crippen MR) is 86.1 cm³/mol. The van der Waals surface area contributed by atoms with Crippen molar-refractivity contribution in [2.75, 3.05) is 6.54 Å². The summed E-state index contributed by atoms with van der Waals surface area (Å²) in [6.07, 6.45) is 0.894. The van der Waals surface area contributed by atoms with Crippen molar-refractivity contribution in [2.24, 2.45) is 5.41 Å². The van der Waals surface area contributed by atoms with Crippen molar-refractivity contribution in [3.8, 4) is 0 Å². The topological polar surface area (TPSA) is 46.2 Å². The average Bonchev–Trinajstić information content (AvgIpc) is 2.24. The zero-order valence-corrected chi connectivity index (χ0v) is 15.3. The number of benzene rings is 1. The van der Waals surface area contributed by atoms with Gasteiger partial charge in [-0.25, -0.2) is 13.1 Å². The summed E-state index contributed by atoms with van der Waals surface area (Å²) in [5.74, 6) is 0. The van der Waals surface area contributed by atoms with Crippen molar-refractivity contribution < 1.29 is 8.42 Å². The third kappa shape index (κ3) is 5.94. The standard InChI is InChI=1S/C13H19Br2NO2S/c1-13(2,3)8-10(14)9-16-19(17,18)12-7-5-4-6-11(12)15/h4-7,10,16H,8-9H2,1-3H3. The van der Waals surface area contributed by atoms with E-state index in [2.05, 4.69) is 57.4 Å². The molecular weight excluding hydrogens is 394 g/mol. The smallest absolute Gasteiger partial charge is 0.210 e. The molecule has 19 heavy (non-hydrogen) atoms. The summed E-state index contributed by atoms with van der Waals surface area (Å²) >= 11 is 6.78. The molecule has 108 valence electrons. The summed E-state index contributed by atoms with van der Waals surface area (Å²) in [7, 11) is -3.47. The molecule has 0 aromatic heterocycles. The lowest BCUT2D eigenvalue weighted by Crippen LogP contribution is -2.31. The van der Waals surface area contributed by atoms with Gasteiger partial charge in [0.25, 0.3) is 0 Å². The molecule has 0 aliphatic rings. The molecule has 0 amide bonds. The maximum Gasteiger partial charge on any atom is 0.241 e. The summed E-state index contributed by atoms with van der Waals surface area (Å²) in [5, 5.41) is 0. The van der Waals surface area contributed by atoms with Crippen molar-refractivity contribution in [1.29, 1.82) is 0 Å². The molecule has 1 unspecified atom stereocenters. The minimum Gasteiger partial charge on any atom is -0.210 e. The van der Waals surface area contributed by atoms with Crippen LogP contribution in [-0.2, 0) is 10.0 Å². The zero-order valence-electron chi connectivity index (χ0n) is 11.3. The molecular formula is C13H19Br2NO2S. The van der Waals surface area contributed by atoms with Gasteiger partial charge in [-0.2, -0.15) is 0 Å². The summed E-state index contributed by atoms with van der Waals surface area (Å²) in [5.41, 5.74) is 0.160. The van der Waals surface area contributed by atoms with Crippen LogP contribution in [0.3, 0.4) is 0 Å². The van der Waals surface area contributed by atoms with Gasteiger partial charge in [0, 0.05) is 15.8 Å². The lowest BCUT2D eigenvalue weighted by atomic mass is 9.91. The first-order valence-corrected chi connectivity index (χ1v) is 9.19. The van der Waals surface area contributed by atoms with Crippen LogP contribution >= 0.6 is 31.9 Å². The van der Waals surface area contributed by atoms with Crippen LogP contribution in [0, 0.1) is 5.41 Å². The Labute approximate surface area is 132 Å². The molecule has 0 spiro atoms. The van der Waals surface area contributed by atoms with Gasteiger partial charge in [0.05, 0.1) is 4.90 Å². The van der Waals surface area contributed by atoms with Crippen LogP contribution in [0.25, 0.3) is 0 Å². The second-order valence-corrected chi connectivity index (χ2v) is 9.53. The highest BCUT2D eigenvalue weighted by molar-refractivity contribution is 9.10. The van der Waals surface area contributed by atoms with Crippen LogP contribution in [0.1, 0.15) is 27.2 Å². The van der Waals surface area contributed by atoms with E-state index in [0.29, 0.717) is 11.0 Å². The lowest BCUT2D eigenvalue weighted by Gasteiger charge is -2.22. The number of hydrogen-bond donors (Lipinski definition) is 1. The van der Waals surface area contributed by atoms with Gasteiger partial charge in [-0.1, -0.05) is 48.8 Å². The van der Waals surface area contributed by atoms with Crippen molar-refractivity contribution >= 4 is 41.9 Å². The van der Waals surface area contributed by atoms with E-state index in [9.17, 15) is 8.42 Å². The minimum absolute atomic E-state index is 0.116. The number of alkyl halides is 1. The molecule has 0 fully saturated rings. The second-order valence-electron chi connectivity index (χ2n) is 5.64. The van der Waals surface area contributed by atoms with E-state index in [1.807, 2.05) is 0 Å². The quantitative estimate of drug-likeness (QED) is 0.744. The normalized spacial score (nSPS) is 14.4. The highest BCUT2D eigenvalue weighted by atomic mass is 79.9. The van der Waals surface area contributed by atoms with Crippen molar-refractivity contribution in [1.82, 2.24) is 4.72 Å². The number of rotatable bonds is 5. The second kappa shape index (κ2) is 6.70. The highest BCUT2D eigenvalue weighted by Crippen LogP contribution is 2.25. The molecule has 1 atom stereocenters. The summed E-state index contributed by atoms with van der Waals surface area (Å²) in [6, 6.07) is 6.80. The van der Waals surface area contributed by atoms with E-state index in [-0.39, 0.29) is 15.1 Å². The van der Waals surface area contributed by atoms with E-state index in [4.69, 9.17) is 0 Å². The average molecular weight is 413 g/mol. The van der Waals surface area contributed by atoms with Gasteiger partial charge in [-0.05, 0) is 39.9 Å². The highest BCUT2D eigenvalue weighted by Gasteiger charge is 2.21. The number of hydrogen-bond acceptors (Lipinski definition) is 2. The van der Waals surface area contributed by atoms with Crippen molar-refractivity contribution in [2.45, 2.75) is 36.9 Å². The first-order valence-electron chi connectivity index (χ1n) is 6.00. The Balaban J connectivity index is 2.70. The van der Waals surface area contributed by atoms with Crippen molar-refractivity contribution in [3.63, 3.8) is 0 Å². The van der Waals surface area contributed by atoms with Gasteiger partial charge >= 0.3 is 0 Å². The SMILES string of the molecule is CC(C)(C)CC(Br)CNS(=O)(=O)c1ccccc1Br. The Kier molecular flexibility index (Phi) is 6.04. The van der Waals surface area contributed by atoms with Gasteiger partial charge in [0.2, 0.25) is 10.0 Å². The van der Waals surface area contributed by atoms with Gasteiger partial charge in [-0.15, -0.1) is 0 Å². The Morgan fingerprint density at radius 2 is 1.84 bits per heavy atom. The largest absolute Gasteiger partial charge is 0.241 e. The maximum absolute atomic E-state index is 12.2. The fourth-order valence-corrected chi connectivity index (χ4v) is 5.11. The molecule has 6 heteroatoms. The van der Waals surface area contributed by atoms with Crippen LogP contribution in [0.5, 0.6) is 0 Å². The number of nitrogens with one attached hydrogen (secondary N) is 1. The molecule has 0 bridgehead atoms. The number of sulfonamides is 1. The van der Waals surface area contributed by atoms with E-state index < -0.39 is 10.0 Å². The first kappa shape index (κ1) is 17.1. The van der Waals surface area contributed by atoms with Crippen LogP contribution in [-0.4, -0.2) is 19.8 Å².